The van der Waals surface area contributed by atoms with E-state index < -0.39 is 18.3 Å². The van der Waals surface area contributed by atoms with Crippen molar-refractivity contribution in [3.8, 4) is 0 Å². The highest BCUT2D eigenvalue weighted by Crippen LogP contribution is 2.37. The van der Waals surface area contributed by atoms with Gasteiger partial charge >= 0.3 is 7.12 Å². The Morgan fingerprint density at radius 3 is 2.40 bits per heavy atom. The molecule has 1 unspecified atom stereocenters. The minimum Gasteiger partial charge on any atom is -0.398 e. The van der Waals surface area contributed by atoms with Crippen molar-refractivity contribution in [2.75, 3.05) is 37.8 Å². The van der Waals surface area contributed by atoms with Crippen LogP contribution in [0.5, 0.6) is 0 Å². The molecule has 0 N–H and O–H groups in total. The largest absolute Gasteiger partial charge is 0.517 e. The molecular formula is C22H32BN3O4. The summed E-state index contributed by atoms with van der Waals surface area (Å²) in [5, 5.41) is 6.08. The maximum absolute atomic E-state index is 6.34. The van der Waals surface area contributed by atoms with Gasteiger partial charge in [0.1, 0.15) is 5.59 Å². The number of aromatic nitrogens is 2. The number of rotatable bonds is 3. The molecular weight excluding hydrogens is 381 g/mol. The normalized spacial score (nSPS) is 26.5. The predicted molar refractivity (Wildman–Crippen MR) is 117 cm³/mol. The molecule has 0 bridgehead atoms. The molecule has 0 aliphatic carbocycles. The fourth-order valence-corrected chi connectivity index (χ4v) is 4.43. The van der Waals surface area contributed by atoms with Crippen molar-refractivity contribution in [3.05, 3.63) is 18.2 Å². The van der Waals surface area contributed by atoms with Gasteiger partial charge in [-0.1, -0.05) is 0 Å². The van der Waals surface area contributed by atoms with Crippen molar-refractivity contribution >= 4 is 29.3 Å². The molecule has 30 heavy (non-hydrogen) atoms. The van der Waals surface area contributed by atoms with Gasteiger partial charge in [0.15, 0.2) is 6.23 Å². The van der Waals surface area contributed by atoms with Crippen LogP contribution in [0, 0.1) is 0 Å². The van der Waals surface area contributed by atoms with E-state index in [4.69, 9.17) is 23.9 Å². The molecule has 0 radical (unpaired) electrons. The van der Waals surface area contributed by atoms with Gasteiger partial charge in [-0.15, -0.1) is 0 Å². The van der Waals surface area contributed by atoms with Crippen molar-refractivity contribution in [3.63, 3.8) is 0 Å². The highest BCUT2D eigenvalue weighted by atomic mass is 16.7. The SMILES string of the molecule is CC1(C)OB(c2nn(C3CCCCO3)c3cc(N4CCOCC4)ccc23)OC1(C)C. The van der Waals surface area contributed by atoms with Crippen LogP contribution in [-0.2, 0) is 18.8 Å². The van der Waals surface area contributed by atoms with Crippen LogP contribution in [0.3, 0.4) is 0 Å². The van der Waals surface area contributed by atoms with E-state index in [0.29, 0.717) is 0 Å². The summed E-state index contributed by atoms with van der Waals surface area (Å²) in [5.74, 6) is 0. The predicted octanol–water partition coefficient (Wildman–Crippen LogP) is 2.87. The lowest BCUT2D eigenvalue weighted by molar-refractivity contribution is -0.0364. The van der Waals surface area contributed by atoms with E-state index in [-0.39, 0.29) is 6.23 Å². The molecule has 8 heteroatoms. The first-order valence-electron chi connectivity index (χ1n) is 11.2. The van der Waals surface area contributed by atoms with Crippen LogP contribution in [0.1, 0.15) is 53.2 Å². The molecule has 0 amide bonds. The van der Waals surface area contributed by atoms with Crippen LogP contribution in [-0.4, -0.2) is 61.0 Å². The first-order chi connectivity index (χ1) is 14.4. The molecule has 0 spiro atoms. The summed E-state index contributed by atoms with van der Waals surface area (Å²) in [6, 6.07) is 6.57. The van der Waals surface area contributed by atoms with Crippen molar-refractivity contribution < 1.29 is 18.8 Å². The highest BCUT2D eigenvalue weighted by molar-refractivity contribution is 6.64. The quantitative estimate of drug-likeness (QED) is 0.722. The summed E-state index contributed by atoms with van der Waals surface area (Å²) in [5.41, 5.74) is 2.32. The van der Waals surface area contributed by atoms with Gasteiger partial charge in [0.2, 0.25) is 0 Å². The Balaban J connectivity index is 1.57. The van der Waals surface area contributed by atoms with Crippen LogP contribution in [0.25, 0.3) is 10.9 Å². The lowest BCUT2D eigenvalue weighted by atomic mass is 9.82. The van der Waals surface area contributed by atoms with Gasteiger partial charge in [0, 0.05) is 30.8 Å². The summed E-state index contributed by atoms with van der Waals surface area (Å²) in [6.07, 6.45) is 3.19. The van der Waals surface area contributed by atoms with Crippen molar-refractivity contribution in [1.82, 2.24) is 9.78 Å². The van der Waals surface area contributed by atoms with E-state index in [9.17, 15) is 0 Å². The third-order valence-corrected chi connectivity index (χ3v) is 7.00. The molecule has 1 aromatic heterocycles. The average Bonchev–Trinajstić information content (AvgIpc) is 3.22. The summed E-state index contributed by atoms with van der Waals surface area (Å²) in [6.45, 7) is 12.4. The maximum Gasteiger partial charge on any atom is 0.517 e. The van der Waals surface area contributed by atoms with Crippen molar-refractivity contribution in [2.24, 2.45) is 0 Å². The molecule has 1 aromatic carbocycles. The first-order valence-corrected chi connectivity index (χ1v) is 11.2. The summed E-state index contributed by atoms with van der Waals surface area (Å²) in [7, 11) is -0.489. The molecule has 3 aliphatic rings. The van der Waals surface area contributed by atoms with E-state index in [2.05, 4.69) is 55.5 Å². The number of hydrogen-bond acceptors (Lipinski definition) is 6. The number of anilines is 1. The third-order valence-electron chi connectivity index (χ3n) is 7.00. The number of ether oxygens (including phenoxy) is 2. The second kappa shape index (κ2) is 7.52. The highest BCUT2D eigenvalue weighted by Gasteiger charge is 2.53. The second-order valence-corrected chi connectivity index (χ2v) is 9.54. The van der Waals surface area contributed by atoms with E-state index >= 15 is 0 Å². The van der Waals surface area contributed by atoms with E-state index in [1.165, 1.54) is 5.69 Å². The smallest absolute Gasteiger partial charge is 0.398 e. The summed E-state index contributed by atoms with van der Waals surface area (Å²) in [4.78, 5) is 2.37. The van der Waals surface area contributed by atoms with Crippen LogP contribution in [0.4, 0.5) is 5.69 Å². The minimum absolute atomic E-state index is 0.0441. The fraction of sp³-hybridized carbons (Fsp3) is 0.682. The molecule has 4 heterocycles. The Morgan fingerprint density at radius 2 is 1.73 bits per heavy atom. The van der Waals surface area contributed by atoms with Gasteiger partial charge in [0.25, 0.3) is 0 Å². The van der Waals surface area contributed by atoms with Crippen molar-refractivity contribution in [1.29, 1.82) is 0 Å². The number of morpholine rings is 1. The van der Waals surface area contributed by atoms with Gasteiger partial charge in [-0.3, -0.25) is 0 Å². The number of benzene rings is 1. The Hall–Kier alpha value is -1.61. The van der Waals surface area contributed by atoms with E-state index in [0.717, 1.165) is 68.7 Å². The number of hydrogen-bond donors (Lipinski definition) is 0. The van der Waals surface area contributed by atoms with Gasteiger partial charge in [-0.05, 0) is 65.2 Å². The second-order valence-electron chi connectivity index (χ2n) is 9.54. The molecule has 1 atom stereocenters. The van der Waals surface area contributed by atoms with Crippen LogP contribution < -0.4 is 10.5 Å². The summed E-state index contributed by atoms with van der Waals surface area (Å²) >= 11 is 0. The fourth-order valence-electron chi connectivity index (χ4n) is 4.43. The zero-order valence-electron chi connectivity index (χ0n) is 18.5. The van der Waals surface area contributed by atoms with Gasteiger partial charge in [-0.2, -0.15) is 5.10 Å². The molecule has 3 aliphatic heterocycles. The molecule has 0 saturated carbocycles. The van der Waals surface area contributed by atoms with Crippen LogP contribution in [0.2, 0.25) is 0 Å². The zero-order chi connectivity index (χ0) is 20.9. The van der Waals surface area contributed by atoms with Crippen LogP contribution >= 0.6 is 0 Å². The Labute approximate surface area is 178 Å². The molecule has 162 valence electrons. The Morgan fingerprint density at radius 1 is 1.00 bits per heavy atom. The standard InChI is InChI=1S/C22H32BN3O4/c1-21(2)22(3,4)30-23(29-21)20-17-9-8-16(25-10-13-27-14-11-25)15-18(17)26(24-20)19-7-5-6-12-28-19/h8-9,15,19H,5-7,10-14H2,1-4H3. The molecule has 3 saturated heterocycles. The maximum atomic E-state index is 6.34. The van der Waals surface area contributed by atoms with Gasteiger partial charge in [0.05, 0.1) is 29.9 Å². The van der Waals surface area contributed by atoms with Gasteiger partial charge in [-0.25, -0.2) is 4.68 Å². The Kier molecular flexibility index (Phi) is 5.09. The monoisotopic (exact) mass is 413 g/mol. The van der Waals surface area contributed by atoms with Gasteiger partial charge < -0.3 is 23.7 Å². The van der Waals surface area contributed by atoms with Crippen molar-refractivity contribution in [2.45, 2.75) is 64.4 Å². The summed E-state index contributed by atoms with van der Waals surface area (Å²) < 4.78 is 26.4. The van der Waals surface area contributed by atoms with Crippen LogP contribution in [0.15, 0.2) is 18.2 Å². The molecule has 3 fully saturated rings. The lowest BCUT2D eigenvalue weighted by Gasteiger charge is -2.32. The number of nitrogens with zero attached hydrogens (tertiary/aromatic N) is 3. The minimum atomic E-state index is -0.489. The Bertz CT molecular complexity index is 900. The number of fused-ring (bicyclic) bond motifs is 1. The first kappa shape index (κ1) is 20.3. The molecule has 2 aromatic rings. The molecule has 7 nitrogen and oxygen atoms in total. The van der Waals surface area contributed by atoms with E-state index in [1.807, 2.05) is 0 Å². The van der Waals surface area contributed by atoms with E-state index in [1.54, 1.807) is 0 Å². The topological polar surface area (TPSA) is 58.0 Å². The third kappa shape index (κ3) is 3.44. The molecule has 5 rings (SSSR count). The average molecular weight is 413 g/mol. The zero-order valence-corrected chi connectivity index (χ0v) is 18.5. The lowest BCUT2D eigenvalue weighted by Crippen LogP contribution is -2.41.